The van der Waals surface area contributed by atoms with Crippen molar-refractivity contribution in [3.63, 3.8) is 0 Å². The van der Waals surface area contributed by atoms with Gasteiger partial charge in [0, 0.05) is 39.4 Å². The number of benzene rings is 3. The van der Waals surface area contributed by atoms with Crippen molar-refractivity contribution in [1.29, 1.82) is 0 Å². The van der Waals surface area contributed by atoms with Crippen LogP contribution in [0.3, 0.4) is 0 Å². The average Bonchev–Trinajstić information content (AvgIpc) is 2.95. The smallest absolute Gasteiger partial charge is 0.134 e. The van der Waals surface area contributed by atoms with Crippen LogP contribution in [0.1, 0.15) is 79.5 Å². The Bertz CT molecular complexity index is 1690. The van der Waals surface area contributed by atoms with Gasteiger partial charge in [0.2, 0.25) is 0 Å². The number of nitrogens with zero attached hydrogens (tertiary/aromatic N) is 6. The van der Waals surface area contributed by atoms with Gasteiger partial charge in [0.05, 0.1) is 33.5 Å². The first-order valence-corrected chi connectivity index (χ1v) is 14.4. The fourth-order valence-corrected chi connectivity index (χ4v) is 4.25. The first-order chi connectivity index (χ1) is 19.7. The van der Waals surface area contributed by atoms with E-state index in [9.17, 15) is 0 Å². The van der Waals surface area contributed by atoms with Crippen LogP contribution >= 0.6 is 0 Å². The Morgan fingerprint density at radius 1 is 0.452 bits per heavy atom. The lowest BCUT2D eigenvalue weighted by Gasteiger charge is -2.18. The Morgan fingerprint density at radius 3 is 1.69 bits per heavy atom. The fourth-order valence-electron chi connectivity index (χ4n) is 4.25. The van der Waals surface area contributed by atoms with E-state index in [1.54, 1.807) is 6.33 Å². The molecule has 216 valence electrons. The molecule has 0 fully saturated rings. The second-order valence-corrected chi connectivity index (χ2v) is 13.5. The van der Waals surface area contributed by atoms with Crippen molar-refractivity contribution >= 4 is 32.8 Å². The van der Waals surface area contributed by atoms with Gasteiger partial charge in [-0.2, -0.15) is 0 Å². The van der Waals surface area contributed by atoms with Crippen LogP contribution in [0.15, 0.2) is 91.5 Å². The number of hydrogen-bond donors (Lipinski definition) is 0. The lowest BCUT2D eigenvalue weighted by atomic mass is 9.89. The van der Waals surface area contributed by atoms with Crippen molar-refractivity contribution in [2.24, 2.45) is 0 Å². The molecule has 0 N–H and O–H groups in total. The molecule has 0 aliphatic carbocycles. The highest BCUT2D eigenvalue weighted by molar-refractivity contribution is 5.81. The second-order valence-electron chi connectivity index (χ2n) is 13.5. The van der Waals surface area contributed by atoms with Gasteiger partial charge >= 0.3 is 0 Å². The maximum atomic E-state index is 4.58. The quantitative estimate of drug-likeness (QED) is 0.185. The van der Waals surface area contributed by atoms with Crippen molar-refractivity contribution in [2.45, 2.75) is 78.6 Å². The molecule has 6 nitrogen and oxygen atoms in total. The van der Waals surface area contributed by atoms with Gasteiger partial charge in [0.25, 0.3) is 0 Å². The summed E-state index contributed by atoms with van der Waals surface area (Å²) < 4.78 is 0. The monoisotopic (exact) mass is 558 g/mol. The Hall–Kier alpha value is -4.32. The zero-order chi connectivity index (χ0) is 30.5. The third-order valence-electron chi connectivity index (χ3n) is 6.63. The van der Waals surface area contributed by atoms with Gasteiger partial charge in [-0.25, -0.2) is 24.9 Å². The van der Waals surface area contributed by atoms with Crippen LogP contribution in [0.4, 0.5) is 0 Å². The second kappa shape index (κ2) is 12.3. The molecule has 0 atom stereocenters. The third-order valence-corrected chi connectivity index (χ3v) is 6.63. The molecule has 0 unspecified atom stereocenters. The highest BCUT2D eigenvalue weighted by atomic mass is 14.9. The highest BCUT2D eigenvalue weighted by Crippen LogP contribution is 2.26. The van der Waals surface area contributed by atoms with Crippen LogP contribution in [0.5, 0.6) is 0 Å². The van der Waals surface area contributed by atoms with E-state index in [-0.39, 0.29) is 16.2 Å². The summed E-state index contributed by atoms with van der Waals surface area (Å²) in [6, 6.07) is 24.1. The highest BCUT2D eigenvalue weighted by Gasteiger charge is 2.19. The van der Waals surface area contributed by atoms with Crippen LogP contribution in [0.2, 0.25) is 0 Å². The van der Waals surface area contributed by atoms with E-state index in [0.29, 0.717) is 0 Å². The van der Waals surface area contributed by atoms with Gasteiger partial charge in [0.15, 0.2) is 0 Å². The summed E-state index contributed by atoms with van der Waals surface area (Å²) in [6.45, 7) is 19.3. The molecule has 0 radical (unpaired) electrons. The maximum Gasteiger partial charge on any atom is 0.134 e. The minimum Gasteiger partial charge on any atom is -0.253 e. The van der Waals surface area contributed by atoms with Gasteiger partial charge in [-0.05, 0) is 24.3 Å². The molecule has 3 heterocycles. The molecule has 0 saturated heterocycles. The average molecular weight is 559 g/mol. The molecular weight excluding hydrogens is 516 g/mol. The van der Waals surface area contributed by atoms with E-state index in [0.717, 1.165) is 50.1 Å². The van der Waals surface area contributed by atoms with Crippen LogP contribution in [0.25, 0.3) is 32.8 Å². The molecule has 0 aliphatic heterocycles. The number of para-hydroxylation sites is 4. The van der Waals surface area contributed by atoms with E-state index in [2.05, 4.69) is 98.3 Å². The van der Waals surface area contributed by atoms with Crippen molar-refractivity contribution in [3.8, 4) is 0 Å². The van der Waals surface area contributed by atoms with E-state index in [4.69, 9.17) is 0 Å². The Labute approximate surface area is 249 Å². The Balaban J connectivity index is 0.000000145. The zero-order valence-electron chi connectivity index (χ0n) is 26.3. The molecular formula is C36H42N6. The lowest BCUT2D eigenvalue weighted by molar-refractivity contribution is 0.548. The standard InChI is InChI=1S/3C12H14N2/c1-12(2,3)11-9-6-4-5-7-10(9)13-8-14-11;1-12(2,3)11-8-13-9-6-4-5-7-10(9)14-11;1-12(2,3)11-13-8-9-6-4-5-7-10(9)14-11/h3*4-8H,1-3H3. The maximum absolute atomic E-state index is 4.58. The predicted molar refractivity (Wildman–Crippen MR) is 175 cm³/mol. The van der Waals surface area contributed by atoms with Gasteiger partial charge in [0.1, 0.15) is 12.2 Å². The number of hydrogen-bond acceptors (Lipinski definition) is 6. The van der Waals surface area contributed by atoms with Gasteiger partial charge in [-0.15, -0.1) is 0 Å². The van der Waals surface area contributed by atoms with Crippen molar-refractivity contribution in [1.82, 2.24) is 29.9 Å². The summed E-state index contributed by atoms with van der Waals surface area (Å²) in [4.78, 5) is 26.5. The summed E-state index contributed by atoms with van der Waals surface area (Å²) in [6.07, 6.45) is 5.40. The van der Waals surface area contributed by atoms with Gasteiger partial charge in [-0.3, -0.25) is 4.98 Å². The van der Waals surface area contributed by atoms with Crippen molar-refractivity contribution in [2.75, 3.05) is 0 Å². The summed E-state index contributed by atoms with van der Waals surface area (Å²) in [5.74, 6) is 0.899. The number of rotatable bonds is 0. The van der Waals surface area contributed by atoms with Crippen LogP contribution in [0, 0.1) is 0 Å². The largest absolute Gasteiger partial charge is 0.253 e. The summed E-state index contributed by atoms with van der Waals surface area (Å²) in [5, 5.41) is 2.25. The van der Waals surface area contributed by atoms with Gasteiger partial charge in [-0.1, -0.05) is 111 Å². The Kier molecular flexibility index (Phi) is 8.95. The minimum absolute atomic E-state index is 0.0179. The summed E-state index contributed by atoms with van der Waals surface area (Å²) in [5.41, 5.74) is 6.28. The minimum atomic E-state index is 0.0179. The molecule has 0 aliphatic rings. The molecule has 42 heavy (non-hydrogen) atoms. The predicted octanol–water partition coefficient (Wildman–Crippen LogP) is 8.78. The molecule has 0 saturated carbocycles. The van der Waals surface area contributed by atoms with E-state index in [1.165, 1.54) is 0 Å². The molecule has 0 spiro atoms. The summed E-state index contributed by atoms with van der Waals surface area (Å²) >= 11 is 0. The van der Waals surface area contributed by atoms with Gasteiger partial charge < -0.3 is 0 Å². The molecule has 0 amide bonds. The van der Waals surface area contributed by atoms with E-state index >= 15 is 0 Å². The normalized spacial score (nSPS) is 11.9. The Morgan fingerprint density at radius 2 is 1.05 bits per heavy atom. The fraction of sp³-hybridized carbons (Fsp3) is 0.333. The molecule has 3 aromatic carbocycles. The van der Waals surface area contributed by atoms with Crippen LogP contribution in [-0.2, 0) is 16.2 Å². The third kappa shape index (κ3) is 7.69. The molecule has 0 bridgehead atoms. The van der Waals surface area contributed by atoms with E-state index < -0.39 is 0 Å². The number of aromatic nitrogens is 6. The molecule has 6 rings (SSSR count). The molecule has 6 aromatic rings. The van der Waals surface area contributed by atoms with E-state index in [1.807, 2.05) is 79.1 Å². The lowest BCUT2D eigenvalue weighted by Crippen LogP contribution is -2.15. The van der Waals surface area contributed by atoms with Crippen LogP contribution < -0.4 is 0 Å². The first-order valence-electron chi connectivity index (χ1n) is 14.4. The molecule has 6 heteroatoms. The zero-order valence-corrected chi connectivity index (χ0v) is 26.3. The first kappa shape index (κ1) is 30.6. The number of fused-ring (bicyclic) bond motifs is 3. The van der Waals surface area contributed by atoms with Crippen LogP contribution in [-0.4, -0.2) is 29.9 Å². The summed E-state index contributed by atoms with van der Waals surface area (Å²) in [7, 11) is 0. The van der Waals surface area contributed by atoms with Crippen molar-refractivity contribution in [3.05, 3.63) is 109 Å². The van der Waals surface area contributed by atoms with Crippen molar-refractivity contribution < 1.29 is 0 Å². The molecule has 3 aromatic heterocycles. The SMILES string of the molecule is CC(C)(C)c1cnc2ccccc2n1.CC(C)(C)c1ncc2ccccc2n1.CC(C)(C)c1ncnc2ccccc12. The topological polar surface area (TPSA) is 77.3 Å².